The summed E-state index contributed by atoms with van der Waals surface area (Å²) in [7, 11) is 4.10. The summed E-state index contributed by atoms with van der Waals surface area (Å²) in [5.41, 5.74) is 1.39. The lowest BCUT2D eigenvalue weighted by Crippen LogP contribution is -2.48. The highest BCUT2D eigenvalue weighted by atomic mass is 127. The van der Waals surface area contributed by atoms with Crippen LogP contribution < -0.4 is 10.6 Å². The van der Waals surface area contributed by atoms with E-state index < -0.39 is 0 Å². The predicted molar refractivity (Wildman–Crippen MR) is 125 cm³/mol. The second-order valence-corrected chi connectivity index (χ2v) is 8.04. The van der Waals surface area contributed by atoms with Gasteiger partial charge in [0.2, 0.25) is 0 Å². The van der Waals surface area contributed by atoms with Gasteiger partial charge in [-0.3, -0.25) is 14.8 Å². The molecule has 0 spiro atoms. The lowest BCUT2D eigenvalue weighted by atomic mass is 10.2. The number of rotatable bonds is 7. The van der Waals surface area contributed by atoms with Crippen LogP contribution in [0, 0.1) is 0 Å². The maximum Gasteiger partial charge on any atom is 0.191 e. The van der Waals surface area contributed by atoms with Crippen molar-refractivity contribution < 1.29 is 0 Å². The number of likely N-dealkylation sites (tertiary alicyclic amines) is 1. The molecule has 1 aromatic rings. The van der Waals surface area contributed by atoms with E-state index in [1.807, 2.05) is 7.05 Å². The Hall–Kier alpha value is -0.860. The number of guanidine groups is 1. The Labute approximate surface area is 182 Å². The van der Waals surface area contributed by atoms with Crippen LogP contribution in [-0.2, 0) is 6.54 Å². The fraction of sp³-hybridized carbons (Fsp3) is 0.667. The third-order valence-corrected chi connectivity index (χ3v) is 5.88. The average Bonchev–Trinajstić information content (AvgIpc) is 3.44. The highest BCUT2D eigenvalue weighted by Crippen LogP contribution is 2.26. The van der Waals surface area contributed by atoms with Gasteiger partial charge in [-0.05, 0) is 45.7 Å². The van der Waals surface area contributed by atoms with Gasteiger partial charge in [0.1, 0.15) is 0 Å². The summed E-state index contributed by atoms with van der Waals surface area (Å²) in [5, 5.41) is 7.15. The Kier molecular flexibility index (Phi) is 8.82. The van der Waals surface area contributed by atoms with Gasteiger partial charge < -0.3 is 10.6 Å². The fourth-order valence-corrected chi connectivity index (χ4v) is 3.86. The molecule has 0 radical (unpaired) electrons. The first-order chi connectivity index (χ1) is 12.6. The van der Waals surface area contributed by atoms with E-state index in [4.69, 9.17) is 0 Å². The van der Waals surface area contributed by atoms with Crippen molar-refractivity contribution in [3.05, 3.63) is 35.9 Å². The first-order valence-corrected chi connectivity index (χ1v) is 10.0. The Morgan fingerprint density at radius 3 is 2.63 bits per heavy atom. The Balaban J connectivity index is 0.00000261. The number of hydrogen-bond donors (Lipinski definition) is 2. The number of benzene rings is 1. The summed E-state index contributed by atoms with van der Waals surface area (Å²) in [5.74, 6) is 0.930. The molecule has 0 amide bonds. The van der Waals surface area contributed by atoms with Crippen molar-refractivity contribution in [3.63, 3.8) is 0 Å². The maximum absolute atomic E-state index is 4.43. The zero-order valence-electron chi connectivity index (χ0n) is 17.2. The van der Waals surface area contributed by atoms with Crippen molar-refractivity contribution >= 4 is 29.9 Å². The van der Waals surface area contributed by atoms with Gasteiger partial charge in [0.25, 0.3) is 0 Å². The van der Waals surface area contributed by atoms with Crippen LogP contribution in [0.1, 0.15) is 38.7 Å². The first kappa shape index (κ1) is 22.4. The SMILES string of the molecule is CN=C(NCC(C)N(C)C1CC1)NC1CC(C)N(Cc2ccccc2)C1.I. The lowest BCUT2D eigenvalue weighted by Gasteiger charge is -2.26. The molecule has 152 valence electrons. The Bertz CT molecular complexity index is 589. The molecule has 1 aliphatic heterocycles. The molecule has 1 aromatic carbocycles. The average molecular weight is 485 g/mol. The zero-order chi connectivity index (χ0) is 18.5. The molecule has 3 rings (SSSR count). The van der Waals surface area contributed by atoms with Crippen molar-refractivity contribution in [2.45, 2.75) is 63.8 Å². The van der Waals surface area contributed by atoms with Crippen molar-refractivity contribution in [2.75, 3.05) is 27.2 Å². The molecule has 1 saturated carbocycles. The van der Waals surface area contributed by atoms with Crippen molar-refractivity contribution in [3.8, 4) is 0 Å². The molecule has 1 saturated heterocycles. The van der Waals surface area contributed by atoms with Gasteiger partial charge in [-0.25, -0.2) is 0 Å². The van der Waals surface area contributed by atoms with Gasteiger partial charge in [0.15, 0.2) is 5.96 Å². The number of likely N-dealkylation sites (N-methyl/N-ethyl adjacent to an activating group) is 1. The van der Waals surface area contributed by atoms with E-state index in [2.05, 4.69) is 76.7 Å². The largest absolute Gasteiger partial charge is 0.355 e. The van der Waals surface area contributed by atoms with Gasteiger partial charge in [0.05, 0.1) is 0 Å². The zero-order valence-corrected chi connectivity index (χ0v) is 19.5. The van der Waals surface area contributed by atoms with Crippen LogP contribution in [0.3, 0.4) is 0 Å². The molecule has 1 heterocycles. The number of nitrogens with zero attached hydrogens (tertiary/aromatic N) is 3. The molecule has 3 unspecified atom stereocenters. The third-order valence-electron chi connectivity index (χ3n) is 5.88. The molecule has 0 aromatic heterocycles. The molecule has 2 N–H and O–H groups in total. The second-order valence-electron chi connectivity index (χ2n) is 8.04. The summed E-state index contributed by atoms with van der Waals surface area (Å²) in [4.78, 5) is 9.48. The lowest BCUT2D eigenvalue weighted by molar-refractivity contribution is 0.247. The third kappa shape index (κ3) is 6.61. The highest BCUT2D eigenvalue weighted by molar-refractivity contribution is 14.0. The van der Waals surface area contributed by atoms with Crippen LogP contribution in [0.5, 0.6) is 0 Å². The van der Waals surface area contributed by atoms with Crippen LogP contribution in [0.15, 0.2) is 35.3 Å². The second kappa shape index (κ2) is 10.6. The van der Waals surface area contributed by atoms with E-state index in [0.717, 1.165) is 38.1 Å². The van der Waals surface area contributed by atoms with Gasteiger partial charge >= 0.3 is 0 Å². The van der Waals surface area contributed by atoms with Crippen LogP contribution >= 0.6 is 24.0 Å². The van der Waals surface area contributed by atoms with E-state index in [1.165, 1.54) is 18.4 Å². The minimum absolute atomic E-state index is 0. The smallest absolute Gasteiger partial charge is 0.191 e. The van der Waals surface area contributed by atoms with Crippen LogP contribution in [0.4, 0.5) is 0 Å². The molecule has 27 heavy (non-hydrogen) atoms. The normalized spacial score (nSPS) is 24.6. The number of aliphatic imine (C=N–C) groups is 1. The molecule has 0 bridgehead atoms. The van der Waals surface area contributed by atoms with E-state index in [1.54, 1.807) is 0 Å². The number of hydrogen-bond acceptors (Lipinski definition) is 3. The molecule has 6 heteroatoms. The first-order valence-electron chi connectivity index (χ1n) is 10.0. The summed E-state index contributed by atoms with van der Waals surface area (Å²) >= 11 is 0. The standard InChI is InChI=1S/C21H35N5.HI/c1-16-12-19(15-26(16)14-18-8-6-5-7-9-18)24-21(22-3)23-13-17(2)25(4)20-10-11-20;/h5-9,16-17,19-20H,10-15H2,1-4H3,(H2,22,23,24);1H. The van der Waals surface area contributed by atoms with Gasteiger partial charge in [0, 0.05) is 50.8 Å². The quantitative estimate of drug-likeness (QED) is 0.354. The van der Waals surface area contributed by atoms with Gasteiger partial charge in [-0.2, -0.15) is 0 Å². The highest BCUT2D eigenvalue weighted by Gasteiger charge is 2.30. The summed E-state index contributed by atoms with van der Waals surface area (Å²) in [6, 6.07) is 13.1. The number of halogens is 1. The summed E-state index contributed by atoms with van der Waals surface area (Å²) < 4.78 is 0. The number of nitrogens with one attached hydrogen (secondary N) is 2. The van der Waals surface area contributed by atoms with Gasteiger partial charge in [-0.1, -0.05) is 30.3 Å². The van der Waals surface area contributed by atoms with Gasteiger partial charge in [-0.15, -0.1) is 24.0 Å². The van der Waals surface area contributed by atoms with E-state index >= 15 is 0 Å². The summed E-state index contributed by atoms with van der Waals surface area (Å²) in [6.07, 6.45) is 3.86. The van der Waals surface area contributed by atoms with Crippen molar-refractivity contribution in [1.82, 2.24) is 20.4 Å². The Morgan fingerprint density at radius 2 is 2.00 bits per heavy atom. The molecular weight excluding hydrogens is 449 g/mol. The Morgan fingerprint density at radius 1 is 1.30 bits per heavy atom. The molecule has 5 nitrogen and oxygen atoms in total. The van der Waals surface area contributed by atoms with Crippen LogP contribution in [-0.4, -0.2) is 67.1 Å². The minimum atomic E-state index is 0. The van der Waals surface area contributed by atoms with Crippen molar-refractivity contribution in [2.24, 2.45) is 4.99 Å². The predicted octanol–water partition coefficient (Wildman–Crippen LogP) is 2.92. The van der Waals surface area contributed by atoms with E-state index in [9.17, 15) is 0 Å². The molecular formula is C21H36IN5. The van der Waals surface area contributed by atoms with E-state index in [0.29, 0.717) is 18.1 Å². The molecule has 3 atom stereocenters. The fourth-order valence-electron chi connectivity index (χ4n) is 3.86. The monoisotopic (exact) mass is 485 g/mol. The minimum Gasteiger partial charge on any atom is -0.355 e. The molecule has 2 fully saturated rings. The summed E-state index contributed by atoms with van der Waals surface area (Å²) in [6.45, 7) is 7.64. The van der Waals surface area contributed by atoms with Crippen molar-refractivity contribution in [1.29, 1.82) is 0 Å². The molecule has 2 aliphatic rings. The maximum atomic E-state index is 4.43. The molecule has 1 aliphatic carbocycles. The van der Waals surface area contributed by atoms with E-state index in [-0.39, 0.29) is 24.0 Å². The topological polar surface area (TPSA) is 42.9 Å². The van der Waals surface area contributed by atoms with Crippen LogP contribution in [0.25, 0.3) is 0 Å². The van der Waals surface area contributed by atoms with Crippen LogP contribution in [0.2, 0.25) is 0 Å².